The monoisotopic (exact) mass is 416 g/mol. The molecule has 3 aromatic rings. The molecular weight excluding hydrogens is 396 g/mol. The number of amides is 1. The van der Waals surface area contributed by atoms with Crippen LogP contribution < -0.4 is 15.6 Å². The topological polar surface area (TPSA) is 97.0 Å². The Morgan fingerprint density at radius 3 is 2.79 bits per heavy atom. The largest absolute Gasteiger partial charge is 0.497 e. The van der Waals surface area contributed by atoms with Gasteiger partial charge in [0.15, 0.2) is 10.3 Å². The number of carbonyl (C=O) groups is 1. The van der Waals surface area contributed by atoms with E-state index in [1.54, 1.807) is 7.11 Å². The van der Waals surface area contributed by atoms with Gasteiger partial charge in [-0.1, -0.05) is 25.1 Å². The first-order valence-corrected chi connectivity index (χ1v) is 10.6. The van der Waals surface area contributed by atoms with Crippen LogP contribution in [0.5, 0.6) is 5.75 Å². The summed E-state index contributed by atoms with van der Waals surface area (Å²) in [7, 11) is 1.62. The first-order valence-electron chi connectivity index (χ1n) is 8.70. The number of methoxy groups -OCH3 is 1. The number of aromatic nitrogens is 3. The van der Waals surface area contributed by atoms with Gasteiger partial charge < -0.3 is 15.0 Å². The number of nitrogens with zero attached hydrogens (tertiary/aromatic N) is 2. The SMILES string of the molecule is CCCc1cc(=O)[nH]c(SCC(=O)Nc2nc(-c3ccc(OC)cc3)cs2)n1. The smallest absolute Gasteiger partial charge is 0.251 e. The summed E-state index contributed by atoms with van der Waals surface area (Å²) in [6.45, 7) is 2.03. The maximum Gasteiger partial charge on any atom is 0.251 e. The Labute approximate surface area is 170 Å². The molecule has 146 valence electrons. The number of H-pyrrole nitrogens is 1. The predicted octanol–water partition coefficient (Wildman–Crippen LogP) is 3.59. The summed E-state index contributed by atoms with van der Waals surface area (Å²) in [5.74, 6) is 0.707. The van der Waals surface area contributed by atoms with E-state index in [0.717, 1.165) is 35.5 Å². The number of aryl methyl sites for hydroxylation is 1. The van der Waals surface area contributed by atoms with Gasteiger partial charge in [0, 0.05) is 22.7 Å². The number of carbonyl (C=O) groups excluding carboxylic acids is 1. The molecule has 2 N–H and O–H groups in total. The first kappa shape index (κ1) is 20.1. The van der Waals surface area contributed by atoms with Gasteiger partial charge in [-0.3, -0.25) is 9.59 Å². The molecule has 0 aliphatic carbocycles. The second-order valence-electron chi connectivity index (χ2n) is 5.90. The lowest BCUT2D eigenvalue weighted by molar-refractivity contribution is -0.113. The van der Waals surface area contributed by atoms with Gasteiger partial charge in [0.25, 0.3) is 5.56 Å². The molecular formula is C19H20N4O3S2. The average molecular weight is 417 g/mol. The van der Waals surface area contributed by atoms with Crippen molar-refractivity contribution in [3.63, 3.8) is 0 Å². The summed E-state index contributed by atoms with van der Waals surface area (Å²) < 4.78 is 5.15. The second kappa shape index (κ2) is 9.52. The zero-order valence-corrected chi connectivity index (χ0v) is 17.2. The first-order chi connectivity index (χ1) is 13.6. The Balaban J connectivity index is 1.58. The molecule has 0 aliphatic heterocycles. The molecule has 1 amide bonds. The van der Waals surface area contributed by atoms with Crippen LogP contribution in [0.2, 0.25) is 0 Å². The van der Waals surface area contributed by atoms with Crippen LogP contribution in [0.25, 0.3) is 11.3 Å². The lowest BCUT2D eigenvalue weighted by Gasteiger charge is -2.04. The molecule has 28 heavy (non-hydrogen) atoms. The number of anilines is 1. The highest BCUT2D eigenvalue weighted by Gasteiger charge is 2.10. The standard InChI is InChI=1S/C19H20N4O3S2/c1-3-4-13-9-16(24)22-18(20-13)28-11-17(25)23-19-21-15(10-27-19)12-5-7-14(26-2)8-6-12/h5-10H,3-4,11H2,1-2H3,(H,20,22,24)(H,21,23,25). The fourth-order valence-electron chi connectivity index (χ4n) is 2.45. The molecule has 0 bridgehead atoms. The molecule has 7 nitrogen and oxygen atoms in total. The van der Waals surface area contributed by atoms with E-state index in [2.05, 4.69) is 20.3 Å². The van der Waals surface area contributed by atoms with Gasteiger partial charge >= 0.3 is 0 Å². The number of hydrogen-bond acceptors (Lipinski definition) is 7. The third kappa shape index (κ3) is 5.43. The maximum absolute atomic E-state index is 12.2. The van der Waals surface area contributed by atoms with Crippen LogP contribution in [-0.4, -0.2) is 33.7 Å². The van der Waals surface area contributed by atoms with Gasteiger partial charge in [0.2, 0.25) is 5.91 Å². The predicted molar refractivity (Wildman–Crippen MR) is 112 cm³/mol. The third-order valence-corrected chi connectivity index (χ3v) is 5.39. The molecule has 0 saturated heterocycles. The zero-order chi connectivity index (χ0) is 19.9. The minimum atomic E-state index is -0.204. The van der Waals surface area contributed by atoms with Crippen LogP contribution in [0.4, 0.5) is 5.13 Å². The van der Waals surface area contributed by atoms with Crippen LogP contribution in [0.1, 0.15) is 19.0 Å². The van der Waals surface area contributed by atoms with E-state index in [0.29, 0.717) is 10.3 Å². The van der Waals surface area contributed by atoms with E-state index in [1.165, 1.54) is 29.2 Å². The van der Waals surface area contributed by atoms with Crippen molar-refractivity contribution in [3.05, 3.63) is 51.8 Å². The molecule has 1 aromatic carbocycles. The summed E-state index contributed by atoms with van der Waals surface area (Å²) in [5, 5.41) is 5.64. The van der Waals surface area contributed by atoms with E-state index < -0.39 is 0 Å². The van der Waals surface area contributed by atoms with Crippen LogP contribution >= 0.6 is 23.1 Å². The van der Waals surface area contributed by atoms with Crippen molar-refractivity contribution in [2.75, 3.05) is 18.2 Å². The second-order valence-corrected chi connectivity index (χ2v) is 7.72. The number of benzene rings is 1. The number of nitrogens with one attached hydrogen (secondary N) is 2. The highest BCUT2D eigenvalue weighted by atomic mass is 32.2. The molecule has 2 aromatic heterocycles. The molecule has 0 saturated carbocycles. The Hall–Kier alpha value is -2.65. The van der Waals surface area contributed by atoms with Gasteiger partial charge in [-0.15, -0.1) is 11.3 Å². The fourth-order valence-corrected chi connectivity index (χ4v) is 3.88. The van der Waals surface area contributed by atoms with Crippen molar-refractivity contribution >= 4 is 34.1 Å². The van der Waals surface area contributed by atoms with E-state index in [1.807, 2.05) is 36.6 Å². The molecule has 0 radical (unpaired) electrons. The van der Waals surface area contributed by atoms with Gasteiger partial charge in [0.1, 0.15) is 5.75 Å². The molecule has 0 spiro atoms. The van der Waals surface area contributed by atoms with Gasteiger partial charge in [-0.05, 0) is 30.7 Å². The summed E-state index contributed by atoms with van der Waals surface area (Å²) in [4.78, 5) is 35.3. The highest BCUT2D eigenvalue weighted by Crippen LogP contribution is 2.26. The van der Waals surface area contributed by atoms with Crippen molar-refractivity contribution < 1.29 is 9.53 Å². The number of thiazole rings is 1. The van der Waals surface area contributed by atoms with Gasteiger partial charge in [0.05, 0.1) is 18.6 Å². The van der Waals surface area contributed by atoms with Crippen molar-refractivity contribution in [1.82, 2.24) is 15.0 Å². The van der Waals surface area contributed by atoms with Crippen molar-refractivity contribution in [2.24, 2.45) is 0 Å². The summed E-state index contributed by atoms with van der Waals surface area (Å²) in [6.07, 6.45) is 1.64. The molecule has 3 rings (SSSR count). The number of rotatable bonds is 8. The van der Waals surface area contributed by atoms with Gasteiger partial charge in [-0.25, -0.2) is 9.97 Å². The Bertz CT molecular complexity index is 999. The van der Waals surface area contributed by atoms with Gasteiger partial charge in [-0.2, -0.15) is 0 Å². The molecule has 0 atom stereocenters. The van der Waals surface area contributed by atoms with Crippen LogP contribution in [0, 0.1) is 0 Å². The summed E-state index contributed by atoms with van der Waals surface area (Å²) in [5.41, 5.74) is 2.26. The molecule has 0 aliphatic rings. The van der Waals surface area contributed by atoms with E-state index in [4.69, 9.17) is 4.74 Å². The molecule has 0 unspecified atom stereocenters. The Morgan fingerprint density at radius 1 is 1.29 bits per heavy atom. The zero-order valence-electron chi connectivity index (χ0n) is 15.5. The van der Waals surface area contributed by atoms with E-state index in [-0.39, 0.29) is 17.2 Å². The Kier molecular flexibility index (Phi) is 6.83. The lowest BCUT2D eigenvalue weighted by atomic mass is 10.2. The van der Waals surface area contributed by atoms with Crippen LogP contribution in [0.15, 0.2) is 45.7 Å². The van der Waals surface area contributed by atoms with Crippen LogP contribution in [0.3, 0.4) is 0 Å². The Morgan fingerprint density at radius 2 is 2.07 bits per heavy atom. The van der Waals surface area contributed by atoms with Crippen molar-refractivity contribution in [2.45, 2.75) is 24.9 Å². The number of ether oxygens (including phenoxy) is 1. The van der Waals surface area contributed by atoms with E-state index in [9.17, 15) is 9.59 Å². The average Bonchev–Trinajstić information content (AvgIpc) is 3.15. The number of hydrogen-bond donors (Lipinski definition) is 2. The normalized spacial score (nSPS) is 10.6. The number of aromatic amines is 1. The maximum atomic E-state index is 12.2. The quantitative estimate of drug-likeness (QED) is 0.430. The molecule has 0 fully saturated rings. The van der Waals surface area contributed by atoms with Crippen molar-refractivity contribution in [3.8, 4) is 17.0 Å². The fraction of sp³-hybridized carbons (Fsp3) is 0.263. The minimum Gasteiger partial charge on any atom is -0.497 e. The van der Waals surface area contributed by atoms with Crippen LogP contribution in [-0.2, 0) is 11.2 Å². The molecule has 2 heterocycles. The van der Waals surface area contributed by atoms with E-state index >= 15 is 0 Å². The minimum absolute atomic E-state index is 0.135. The summed E-state index contributed by atoms with van der Waals surface area (Å²) in [6, 6.07) is 9.05. The highest BCUT2D eigenvalue weighted by molar-refractivity contribution is 7.99. The van der Waals surface area contributed by atoms with Crippen molar-refractivity contribution in [1.29, 1.82) is 0 Å². The number of thioether (sulfide) groups is 1. The molecule has 9 heteroatoms. The third-order valence-electron chi connectivity index (χ3n) is 3.76. The summed E-state index contributed by atoms with van der Waals surface area (Å²) >= 11 is 2.55. The lowest BCUT2D eigenvalue weighted by Crippen LogP contribution is -2.15.